The molecule has 4 heteroatoms. The molecule has 0 aliphatic carbocycles. The monoisotopic (exact) mass is 229 g/mol. The van der Waals surface area contributed by atoms with Crippen molar-refractivity contribution in [2.45, 2.75) is 45.7 Å². The van der Waals surface area contributed by atoms with E-state index in [0.29, 0.717) is 13.1 Å². The minimum Gasteiger partial charge on any atom is -0.353 e. The maximum atomic E-state index is 11.6. The van der Waals surface area contributed by atoms with Gasteiger partial charge in [-0.1, -0.05) is 0 Å². The van der Waals surface area contributed by atoms with E-state index in [0.717, 1.165) is 0 Å². The van der Waals surface area contributed by atoms with Crippen LogP contribution >= 0.6 is 0 Å². The summed E-state index contributed by atoms with van der Waals surface area (Å²) in [5.41, 5.74) is -0.0359. The highest BCUT2D eigenvalue weighted by Crippen LogP contribution is 2.07. The fraction of sp³-hybridized carbons (Fsp3) is 0.917. The summed E-state index contributed by atoms with van der Waals surface area (Å²) in [6, 6.07) is 0. The lowest BCUT2D eigenvalue weighted by Crippen LogP contribution is -2.50. The Morgan fingerprint density at radius 2 is 1.62 bits per heavy atom. The molecule has 0 heterocycles. The molecular formula is C12H27N3O. The molecule has 0 spiro atoms. The fourth-order valence-electron chi connectivity index (χ4n) is 0.881. The molecule has 0 radical (unpaired) electrons. The molecule has 0 unspecified atom stereocenters. The Balaban J connectivity index is 3.91. The third-order valence-corrected chi connectivity index (χ3v) is 2.71. The van der Waals surface area contributed by atoms with Gasteiger partial charge in [-0.05, 0) is 48.7 Å². The minimum absolute atomic E-state index is 0.0165. The van der Waals surface area contributed by atoms with Crippen LogP contribution in [0.15, 0.2) is 0 Å². The Morgan fingerprint density at radius 1 is 1.12 bits per heavy atom. The number of nitrogens with zero attached hydrogens (tertiary/aromatic N) is 1. The van der Waals surface area contributed by atoms with Crippen LogP contribution in [0.3, 0.4) is 0 Å². The summed E-state index contributed by atoms with van der Waals surface area (Å²) in [6.07, 6.45) is 0. The van der Waals surface area contributed by atoms with Crippen LogP contribution in [0.4, 0.5) is 0 Å². The van der Waals surface area contributed by atoms with Gasteiger partial charge in [0.1, 0.15) is 0 Å². The van der Waals surface area contributed by atoms with Crippen molar-refractivity contribution in [3.63, 3.8) is 0 Å². The molecule has 4 nitrogen and oxygen atoms in total. The number of carbonyl (C=O) groups is 1. The van der Waals surface area contributed by atoms with Crippen LogP contribution in [0.25, 0.3) is 0 Å². The van der Waals surface area contributed by atoms with E-state index < -0.39 is 0 Å². The molecular weight excluding hydrogens is 202 g/mol. The van der Waals surface area contributed by atoms with Gasteiger partial charge in [-0.25, -0.2) is 0 Å². The van der Waals surface area contributed by atoms with Crippen molar-refractivity contribution >= 4 is 5.91 Å². The molecule has 0 fully saturated rings. The topological polar surface area (TPSA) is 44.4 Å². The first-order valence-electron chi connectivity index (χ1n) is 5.74. The molecule has 0 aromatic heterocycles. The number of hydrogen-bond donors (Lipinski definition) is 2. The van der Waals surface area contributed by atoms with E-state index in [1.165, 1.54) is 0 Å². The van der Waals surface area contributed by atoms with Gasteiger partial charge < -0.3 is 15.5 Å². The van der Waals surface area contributed by atoms with E-state index in [1.807, 2.05) is 34.9 Å². The van der Waals surface area contributed by atoms with Gasteiger partial charge in [0.25, 0.3) is 0 Å². The number of amides is 1. The van der Waals surface area contributed by atoms with Crippen molar-refractivity contribution in [2.75, 3.05) is 27.2 Å². The van der Waals surface area contributed by atoms with Crippen LogP contribution in [0, 0.1) is 0 Å². The van der Waals surface area contributed by atoms with Gasteiger partial charge >= 0.3 is 0 Å². The fourth-order valence-corrected chi connectivity index (χ4v) is 0.881. The van der Waals surface area contributed by atoms with Gasteiger partial charge in [0, 0.05) is 17.6 Å². The highest BCUT2D eigenvalue weighted by Gasteiger charge is 2.21. The van der Waals surface area contributed by atoms with E-state index >= 15 is 0 Å². The van der Waals surface area contributed by atoms with E-state index in [9.17, 15) is 4.79 Å². The Hall–Kier alpha value is -0.610. The largest absolute Gasteiger partial charge is 0.353 e. The van der Waals surface area contributed by atoms with E-state index in [2.05, 4.69) is 29.4 Å². The summed E-state index contributed by atoms with van der Waals surface area (Å²) in [5, 5.41) is 6.10. The van der Waals surface area contributed by atoms with Crippen LogP contribution in [0.2, 0.25) is 0 Å². The number of nitrogens with one attached hydrogen (secondary N) is 2. The van der Waals surface area contributed by atoms with E-state index in [1.54, 1.807) is 0 Å². The van der Waals surface area contributed by atoms with Crippen LogP contribution in [-0.2, 0) is 4.79 Å². The lowest BCUT2D eigenvalue weighted by Gasteiger charge is -2.32. The zero-order valence-corrected chi connectivity index (χ0v) is 11.8. The SMILES string of the molecule is CN(C)C(C)(C)CNC(=O)CNC(C)(C)C. The molecule has 16 heavy (non-hydrogen) atoms. The second-order valence-electron chi connectivity index (χ2n) is 6.09. The van der Waals surface area contributed by atoms with Gasteiger partial charge in [0.2, 0.25) is 5.91 Å². The van der Waals surface area contributed by atoms with Crippen LogP contribution in [-0.4, -0.2) is 49.1 Å². The molecule has 0 atom stereocenters. The molecule has 0 rings (SSSR count). The second kappa shape index (κ2) is 5.64. The predicted molar refractivity (Wildman–Crippen MR) is 68.5 cm³/mol. The van der Waals surface area contributed by atoms with Gasteiger partial charge in [0.15, 0.2) is 0 Å². The van der Waals surface area contributed by atoms with Crippen molar-refractivity contribution in [3.8, 4) is 0 Å². The first kappa shape index (κ1) is 15.4. The number of likely N-dealkylation sites (N-methyl/N-ethyl adjacent to an activating group) is 1. The molecule has 0 saturated heterocycles. The van der Waals surface area contributed by atoms with Gasteiger partial charge in [-0.15, -0.1) is 0 Å². The first-order valence-corrected chi connectivity index (χ1v) is 5.74. The molecule has 0 aliphatic heterocycles. The number of hydrogen-bond acceptors (Lipinski definition) is 3. The number of rotatable bonds is 5. The zero-order chi connectivity index (χ0) is 13.0. The summed E-state index contributed by atoms with van der Waals surface area (Å²) in [6.45, 7) is 11.4. The summed E-state index contributed by atoms with van der Waals surface area (Å²) in [4.78, 5) is 13.7. The minimum atomic E-state index is -0.0194. The van der Waals surface area contributed by atoms with E-state index in [-0.39, 0.29) is 17.0 Å². The Kier molecular flexibility index (Phi) is 5.42. The van der Waals surface area contributed by atoms with Crippen molar-refractivity contribution in [1.82, 2.24) is 15.5 Å². The predicted octanol–water partition coefficient (Wildman–Crippen LogP) is 0.831. The van der Waals surface area contributed by atoms with Crippen LogP contribution in [0.1, 0.15) is 34.6 Å². The van der Waals surface area contributed by atoms with Crippen LogP contribution < -0.4 is 10.6 Å². The molecule has 0 saturated carbocycles. The smallest absolute Gasteiger partial charge is 0.234 e. The molecule has 0 aromatic rings. The van der Waals surface area contributed by atoms with Gasteiger partial charge in [-0.3, -0.25) is 4.79 Å². The van der Waals surface area contributed by atoms with Crippen molar-refractivity contribution in [2.24, 2.45) is 0 Å². The second-order valence-corrected chi connectivity index (χ2v) is 6.09. The molecule has 2 N–H and O–H groups in total. The highest BCUT2D eigenvalue weighted by atomic mass is 16.1. The van der Waals surface area contributed by atoms with Crippen molar-refractivity contribution in [3.05, 3.63) is 0 Å². The summed E-state index contributed by atoms with van der Waals surface area (Å²) >= 11 is 0. The molecule has 1 amide bonds. The Labute approximate surface area is 99.8 Å². The highest BCUT2D eigenvalue weighted by molar-refractivity contribution is 5.78. The third-order valence-electron chi connectivity index (χ3n) is 2.71. The lowest BCUT2D eigenvalue weighted by molar-refractivity contribution is -0.121. The molecule has 0 aliphatic rings. The van der Waals surface area contributed by atoms with Crippen molar-refractivity contribution < 1.29 is 4.79 Å². The Bertz CT molecular complexity index is 229. The quantitative estimate of drug-likeness (QED) is 0.734. The molecule has 0 aromatic carbocycles. The average Bonchev–Trinajstić information content (AvgIpc) is 2.10. The summed E-state index contributed by atoms with van der Waals surface area (Å²) < 4.78 is 0. The Morgan fingerprint density at radius 3 is 2.00 bits per heavy atom. The standard InChI is InChI=1S/C12H27N3O/c1-11(2,3)14-8-10(16)13-9-12(4,5)15(6)7/h14H,8-9H2,1-7H3,(H,13,16). The molecule has 96 valence electrons. The van der Waals surface area contributed by atoms with Gasteiger partial charge in [-0.2, -0.15) is 0 Å². The maximum absolute atomic E-state index is 11.6. The van der Waals surface area contributed by atoms with Gasteiger partial charge in [0.05, 0.1) is 6.54 Å². The normalized spacial score (nSPS) is 13.0. The van der Waals surface area contributed by atoms with Crippen molar-refractivity contribution in [1.29, 1.82) is 0 Å². The average molecular weight is 229 g/mol. The summed E-state index contributed by atoms with van der Waals surface area (Å²) in [5.74, 6) is 0.0462. The number of carbonyl (C=O) groups excluding carboxylic acids is 1. The first-order chi connectivity index (χ1) is 7.04. The summed E-state index contributed by atoms with van der Waals surface area (Å²) in [7, 11) is 4.03. The van der Waals surface area contributed by atoms with E-state index in [4.69, 9.17) is 0 Å². The van der Waals surface area contributed by atoms with Crippen LogP contribution in [0.5, 0.6) is 0 Å². The maximum Gasteiger partial charge on any atom is 0.234 e. The zero-order valence-electron chi connectivity index (χ0n) is 11.8. The third kappa shape index (κ3) is 6.80. The molecule has 0 bridgehead atoms. The lowest BCUT2D eigenvalue weighted by atomic mass is 10.0.